The minimum absolute atomic E-state index is 0.0387. The maximum absolute atomic E-state index is 12.8. The van der Waals surface area contributed by atoms with E-state index >= 15 is 0 Å². The largest absolute Gasteiger partial charge is 0.544 e. The maximum atomic E-state index is 12.8. The van der Waals surface area contributed by atoms with Crippen LogP contribution in [0.2, 0.25) is 0 Å². The number of carboxylic acid groups (broad SMARTS) is 1. The van der Waals surface area contributed by atoms with Gasteiger partial charge in [0.15, 0.2) is 6.10 Å². The van der Waals surface area contributed by atoms with Gasteiger partial charge in [-0.15, -0.1) is 0 Å². The monoisotopic (exact) mass is 942 g/mol. The van der Waals surface area contributed by atoms with Crippen molar-refractivity contribution in [1.29, 1.82) is 0 Å². The van der Waals surface area contributed by atoms with E-state index in [2.05, 4.69) is 62.5 Å². The SMILES string of the molecule is CC/C=C/C/C=C/C/C=C/CCCCCCCCCCCCC(=O)OCC(COCCC(C(=O)[O-])[N+](C)(C)C)OC(=O)CCCCCCCCC/C=C/CCCCCCCCCCCCCC. The van der Waals surface area contributed by atoms with Crippen LogP contribution < -0.4 is 5.11 Å². The number of nitrogens with zero attached hydrogens (tertiary/aromatic N) is 1. The molecule has 67 heavy (non-hydrogen) atoms. The number of esters is 2. The highest BCUT2D eigenvalue weighted by atomic mass is 16.6. The highest BCUT2D eigenvalue weighted by Crippen LogP contribution is 2.16. The summed E-state index contributed by atoms with van der Waals surface area (Å²) in [4.78, 5) is 37.1. The van der Waals surface area contributed by atoms with E-state index in [0.717, 1.165) is 57.8 Å². The number of unbranched alkanes of at least 4 members (excludes halogenated alkanes) is 29. The molecule has 0 aromatic carbocycles. The predicted octanol–water partition coefficient (Wildman–Crippen LogP) is 15.4. The highest BCUT2D eigenvalue weighted by molar-refractivity contribution is 5.70. The van der Waals surface area contributed by atoms with E-state index in [-0.39, 0.29) is 42.7 Å². The zero-order valence-electron chi connectivity index (χ0n) is 44.6. The van der Waals surface area contributed by atoms with Gasteiger partial charge in [0.1, 0.15) is 12.6 Å². The Balaban J connectivity index is 4.18. The van der Waals surface area contributed by atoms with E-state index in [4.69, 9.17) is 14.2 Å². The molecule has 0 saturated heterocycles. The van der Waals surface area contributed by atoms with E-state index in [1.165, 1.54) is 167 Å². The van der Waals surface area contributed by atoms with Gasteiger partial charge < -0.3 is 28.6 Å². The van der Waals surface area contributed by atoms with Gasteiger partial charge in [-0.25, -0.2) is 0 Å². The van der Waals surface area contributed by atoms with Gasteiger partial charge >= 0.3 is 11.9 Å². The molecule has 0 spiro atoms. The lowest BCUT2D eigenvalue weighted by Crippen LogP contribution is -2.55. The first-order chi connectivity index (χ1) is 32.6. The molecule has 0 aliphatic rings. The van der Waals surface area contributed by atoms with Crippen molar-refractivity contribution in [2.75, 3.05) is 41.0 Å². The van der Waals surface area contributed by atoms with Crippen molar-refractivity contribution in [2.24, 2.45) is 0 Å². The molecule has 0 aromatic rings. The van der Waals surface area contributed by atoms with Crippen molar-refractivity contribution in [2.45, 2.75) is 270 Å². The molecule has 0 heterocycles. The molecule has 390 valence electrons. The van der Waals surface area contributed by atoms with Crippen LogP contribution in [0, 0.1) is 0 Å². The number of carbonyl (C=O) groups is 3. The first kappa shape index (κ1) is 64.3. The highest BCUT2D eigenvalue weighted by Gasteiger charge is 2.25. The Morgan fingerprint density at radius 2 is 0.836 bits per heavy atom. The first-order valence-electron chi connectivity index (χ1n) is 28.2. The number of quaternary nitrogens is 1. The van der Waals surface area contributed by atoms with Gasteiger partial charge in [0.25, 0.3) is 0 Å². The molecular weight excluding hydrogens is 835 g/mol. The van der Waals surface area contributed by atoms with E-state index in [0.29, 0.717) is 12.8 Å². The molecule has 0 amide bonds. The van der Waals surface area contributed by atoms with Crippen LogP contribution in [-0.4, -0.2) is 75.5 Å². The third kappa shape index (κ3) is 48.1. The van der Waals surface area contributed by atoms with Gasteiger partial charge in [-0.3, -0.25) is 9.59 Å². The first-order valence-corrected chi connectivity index (χ1v) is 28.2. The molecule has 0 radical (unpaired) electrons. The minimum atomic E-state index is -1.12. The summed E-state index contributed by atoms with van der Waals surface area (Å²) in [6, 6.07) is -0.728. The second-order valence-electron chi connectivity index (χ2n) is 20.1. The number of ether oxygens (including phenoxy) is 3. The topological polar surface area (TPSA) is 102 Å². The summed E-state index contributed by atoms with van der Waals surface area (Å²) in [5.74, 6) is -1.73. The second-order valence-corrected chi connectivity index (χ2v) is 20.1. The quantitative estimate of drug-likeness (QED) is 0.0259. The Kier molecular flexibility index (Phi) is 47.7. The number of carboxylic acids is 1. The van der Waals surface area contributed by atoms with Crippen molar-refractivity contribution >= 4 is 17.9 Å². The van der Waals surface area contributed by atoms with Crippen molar-refractivity contribution in [3.05, 3.63) is 48.6 Å². The Morgan fingerprint density at radius 1 is 0.463 bits per heavy atom. The summed E-state index contributed by atoms with van der Waals surface area (Å²) in [5.41, 5.74) is 0. The van der Waals surface area contributed by atoms with Crippen molar-refractivity contribution in [1.82, 2.24) is 0 Å². The van der Waals surface area contributed by atoms with Crippen LogP contribution in [0.4, 0.5) is 0 Å². The minimum Gasteiger partial charge on any atom is -0.544 e. The zero-order chi connectivity index (χ0) is 49.2. The summed E-state index contributed by atoms with van der Waals surface area (Å²) >= 11 is 0. The fourth-order valence-corrected chi connectivity index (χ4v) is 8.38. The van der Waals surface area contributed by atoms with E-state index < -0.39 is 18.1 Å². The van der Waals surface area contributed by atoms with E-state index in [9.17, 15) is 19.5 Å². The summed E-state index contributed by atoms with van der Waals surface area (Å²) < 4.78 is 17.3. The number of hydrogen-bond donors (Lipinski definition) is 0. The fraction of sp³-hybridized carbons (Fsp3) is 0.814. The Bertz CT molecular complexity index is 1230. The third-order valence-corrected chi connectivity index (χ3v) is 12.7. The van der Waals surface area contributed by atoms with Crippen LogP contribution in [0.1, 0.15) is 258 Å². The maximum Gasteiger partial charge on any atom is 0.306 e. The third-order valence-electron chi connectivity index (χ3n) is 12.7. The van der Waals surface area contributed by atoms with Crippen LogP contribution in [0.25, 0.3) is 0 Å². The number of rotatable bonds is 51. The van der Waals surface area contributed by atoms with Gasteiger partial charge in [0.05, 0.1) is 40.3 Å². The van der Waals surface area contributed by atoms with Crippen LogP contribution in [0.15, 0.2) is 48.6 Å². The molecule has 8 nitrogen and oxygen atoms in total. The normalized spacial score (nSPS) is 13.1. The van der Waals surface area contributed by atoms with Gasteiger partial charge in [-0.2, -0.15) is 0 Å². The van der Waals surface area contributed by atoms with Gasteiger partial charge in [0, 0.05) is 19.3 Å². The molecule has 0 rings (SSSR count). The smallest absolute Gasteiger partial charge is 0.306 e. The predicted molar refractivity (Wildman–Crippen MR) is 282 cm³/mol. The number of likely N-dealkylation sites (N-methyl/N-ethyl adjacent to an activating group) is 1. The molecule has 0 aromatic heterocycles. The molecule has 0 fully saturated rings. The van der Waals surface area contributed by atoms with Crippen molar-refractivity contribution < 1.29 is 38.2 Å². The standard InChI is InChI=1S/C59H107NO7/c1-6-8-10-12-14-16-18-20-22-24-26-28-29-30-32-34-36-38-40-42-44-46-48-50-58(62)67-55(53-65-52-51-56(59(63)64)60(3,4)5)54-66-57(61)49-47-45-43-41-39-37-35-33-31-27-25-23-21-19-17-15-13-11-9-7-2/h9,11,15,17,21,23,30,32,55-56H,6-8,10,12-14,16,18-20,22,24-29,31,33-54H2,1-5H3/b11-9+,17-15+,23-21+,32-30+. The molecular formula is C59H107NO7. The average Bonchev–Trinajstić information content (AvgIpc) is 3.29. The molecule has 0 aliphatic heterocycles. The zero-order valence-corrected chi connectivity index (χ0v) is 44.6. The van der Waals surface area contributed by atoms with Crippen LogP contribution in [0.3, 0.4) is 0 Å². The average molecular weight is 943 g/mol. The van der Waals surface area contributed by atoms with Gasteiger partial charge in [-0.05, 0) is 70.6 Å². The van der Waals surface area contributed by atoms with Gasteiger partial charge in [-0.1, -0.05) is 217 Å². The molecule has 2 unspecified atom stereocenters. The molecule has 0 saturated carbocycles. The number of allylic oxidation sites excluding steroid dienone is 8. The molecule has 0 aliphatic carbocycles. The van der Waals surface area contributed by atoms with Gasteiger partial charge in [0.2, 0.25) is 0 Å². The molecule has 2 atom stereocenters. The summed E-state index contributed by atoms with van der Waals surface area (Å²) in [5, 5.41) is 11.7. The second kappa shape index (κ2) is 49.7. The lowest BCUT2D eigenvalue weighted by Gasteiger charge is -2.34. The fourth-order valence-electron chi connectivity index (χ4n) is 8.38. The molecule has 8 heteroatoms. The summed E-state index contributed by atoms with van der Waals surface area (Å²) in [7, 11) is 5.42. The summed E-state index contributed by atoms with van der Waals surface area (Å²) in [6.07, 6.45) is 61.5. The number of carbonyl (C=O) groups excluding carboxylic acids is 3. The Labute approximate surface area is 414 Å². The lowest BCUT2D eigenvalue weighted by atomic mass is 10.0. The van der Waals surface area contributed by atoms with Crippen molar-refractivity contribution in [3.8, 4) is 0 Å². The van der Waals surface area contributed by atoms with E-state index in [1.54, 1.807) is 0 Å². The number of aliphatic carboxylic acids is 1. The summed E-state index contributed by atoms with van der Waals surface area (Å²) in [6.45, 7) is 4.58. The van der Waals surface area contributed by atoms with Crippen LogP contribution in [0.5, 0.6) is 0 Å². The molecule has 0 bridgehead atoms. The molecule has 0 N–H and O–H groups in total. The lowest BCUT2D eigenvalue weighted by molar-refractivity contribution is -0.889. The van der Waals surface area contributed by atoms with Crippen LogP contribution >= 0.6 is 0 Å². The Hall–Kier alpha value is -2.71. The number of hydrogen-bond acceptors (Lipinski definition) is 7. The van der Waals surface area contributed by atoms with Crippen molar-refractivity contribution in [3.63, 3.8) is 0 Å². The Morgan fingerprint density at radius 3 is 1.25 bits per heavy atom. The van der Waals surface area contributed by atoms with E-state index in [1.807, 2.05) is 21.1 Å². The van der Waals surface area contributed by atoms with Crippen LogP contribution in [-0.2, 0) is 28.6 Å².